The van der Waals surface area contributed by atoms with Crippen molar-refractivity contribution in [3.8, 4) is 5.75 Å². The topological polar surface area (TPSA) is 119 Å². The number of amides is 1. The van der Waals surface area contributed by atoms with Gasteiger partial charge < -0.3 is 10.1 Å². The summed E-state index contributed by atoms with van der Waals surface area (Å²) in [5, 5.41) is 14.2. The van der Waals surface area contributed by atoms with Gasteiger partial charge in [-0.05, 0) is 31.9 Å². The molecule has 1 amide bonds. The maximum atomic E-state index is 13.3. The quantitative estimate of drug-likeness (QED) is 0.456. The van der Waals surface area contributed by atoms with Crippen LogP contribution in [0.4, 0.5) is 11.4 Å². The molecule has 0 spiro atoms. The fourth-order valence-corrected chi connectivity index (χ4v) is 5.44. The summed E-state index contributed by atoms with van der Waals surface area (Å²) >= 11 is 0. The third-order valence-corrected chi connectivity index (χ3v) is 7.43. The van der Waals surface area contributed by atoms with E-state index < -0.39 is 32.5 Å². The molecule has 0 aromatic heterocycles. The van der Waals surface area contributed by atoms with E-state index in [1.807, 2.05) is 38.1 Å². The Morgan fingerprint density at radius 2 is 1.91 bits per heavy atom. The van der Waals surface area contributed by atoms with Gasteiger partial charge >= 0.3 is 0 Å². The Labute approximate surface area is 193 Å². The van der Waals surface area contributed by atoms with E-state index in [0.717, 1.165) is 35.0 Å². The van der Waals surface area contributed by atoms with Crippen LogP contribution in [0.25, 0.3) is 0 Å². The third-order valence-electron chi connectivity index (χ3n) is 6.19. The summed E-state index contributed by atoms with van der Waals surface area (Å²) in [7, 11) is -3.91. The number of ether oxygens (including phenoxy) is 1. The maximum absolute atomic E-state index is 13.3. The molecule has 0 bridgehead atoms. The number of para-hydroxylation sites is 1. The number of benzene rings is 2. The van der Waals surface area contributed by atoms with Crippen LogP contribution in [0.2, 0.25) is 0 Å². The van der Waals surface area contributed by atoms with Crippen LogP contribution in [-0.4, -0.2) is 37.1 Å². The maximum Gasteiger partial charge on any atom is 0.271 e. The average molecular weight is 476 g/mol. The Balaban J connectivity index is 1.93. The number of hydrogen-bond donors (Lipinski definition) is 1. The molecule has 0 saturated carbocycles. The highest BCUT2D eigenvalue weighted by Gasteiger charge is 2.40. The second kappa shape index (κ2) is 9.38. The van der Waals surface area contributed by atoms with Crippen molar-refractivity contribution >= 4 is 27.3 Å². The van der Waals surface area contributed by atoms with Crippen molar-refractivity contribution in [1.82, 2.24) is 5.32 Å². The molecule has 1 aliphatic heterocycles. The van der Waals surface area contributed by atoms with Crippen molar-refractivity contribution in [2.24, 2.45) is 0 Å². The van der Waals surface area contributed by atoms with Gasteiger partial charge in [0.15, 0.2) is 0 Å². The van der Waals surface area contributed by atoms with Crippen LogP contribution in [-0.2, 0) is 14.8 Å². The lowest BCUT2D eigenvalue weighted by atomic mass is 9.83. The molecule has 1 aliphatic rings. The number of nitrogens with one attached hydrogen (secondary N) is 1. The number of carbonyl (C=O) groups is 1. The van der Waals surface area contributed by atoms with Crippen LogP contribution in [0, 0.1) is 10.1 Å². The lowest BCUT2D eigenvalue weighted by Crippen LogP contribution is -2.51. The molecule has 9 nitrogen and oxygen atoms in total. The van der Waals surface area contributed by atoms with Gasteiger partial charge in [0, 0.05) is 24.1 Å². The molecule has 2 aromatic rings. The SMILES string of the molecule is CCC1(CC)C[C@H](NC(=O)[C@H](C)N(c2cccc([N+](=O)[O-])c2)S(C)(=O)=O)c2ccccc2O1. The van der Waals surface area contributed by atoms with E-state index in [4.69, 9.17) is 4.74 Å². The van der Waals surface area contributed by atoms with Crippen molar-refractivity contribution in [1.29, 1.82) is 0 Å². The van der Waals surface area contributed by atoms with Crippen molar-refractivity contribution in [3.63, 3.8) is 0 Å². The van der Waals surface area contributed by atoms with E-state index in [2.05, 4.69) is 5.32 Å². The molecule has 0 saturated heterocycles. The lowest BCUT2D eigenvalue weighted by molar-refractivity contribution is -0.384. The minimum Gasteiger partial charge on any atom is -0.487 e. The minimum absolute atomic E-state index is 0.0539. The van der Waals surface area contributed by atoms with Crippen molar-refractivity contribution < 1.29 is 22.9 Å². The van der Waals surface area contributed by atoms with Crippen molar-refractivity contribution in [2.45, 2.75) is 57.7 Å². The first-order valence-electron chi connectivity index (χ1n) is 10.8. The zero-order valence-electron chi connectivity index (χ0n) is 19.1. The Morgan fingerprint density at radius 1 is 1.24 bits per heavy atom. The van der Waals surface area contributed by atoms with Crippen LogP contribution in [0.5, 0.6) is 5.75 Å². The molecule has 2 aromatic carbocycles. The number of carbonyl (C=O) groups excluding carboxylic acids is 1. The summed E-state index contributed by atoms with van der Waals surface area (Å²) in [5.74, 6) is 0.193. The molecule has 0 unspecified atom stereocenters. The van der Waals surface area contributed by atoms with Crippen LogP contribution in [0.15, 0.2) is 48.5 Å². The van der Waals surface area contributed by atoms with Gasteiger partial charge in [-0.1, -0.05) is 38.1 Å². The zero-order valence-corrected chi connectivity index (χ0v) is 20.0. The fourth-order valence-electron chi connectivity index (χ4n) is 4.27. The summed E-state index contributed by atoms with van der Waals surface area (Å²) in [5.41, 5.74) is 0.185. The van der Waals surface area contributed by atoms with E-state index in [1.165, 1.54) is 25.1 Å². The molecule has 10 heteroatoms. The summed E-state index contributed by atoms with van der Waals surface area (Å²) in [6.45, 7) is 5.53. The first kappa shape index (κ1) is 24.5. The van der Waals surface area contributed by atoms with Gasteiger partial charge in [0.2, 0.25) is 15.9 Å². The van der Waals surface area contributed by atoms with E-state index >= 15 is 0 Å². The van der Waals surface area contributed by atoms with Gasteiger partial charge in [-0.2, -0.15) is 0 Å². The molecule has 1 heterocycles. The highest BCUT2D eigenvalue weighted by molar-refractivity contribution is 7.92. The molecule has 33 heavy (non-hydrogen) atoms. The third kappa shape index (κ3) is 5.11. The number of non-ortho nitro benzene ring substituents is 1. The van der Waals surface area contributed by atoms with Gasteiger partial charge in [0.05, 0.1) is 22.9 Å². The number of hydrogen-bond acceptors (Lipinski definition) is 6. The molecular formula is C23H29N3O6S. The second-order valence-electron chi connectivity index (χ2n) is 8.31. The smallest absolute Gasteiger partial charge is 0.271 e. The van der Waals surface area contributed by atoms with E-state index in [-0.39, 0.29) is 17.4 Å². The Morgan fingerprint density at radius 3 is 2.52 bits per heavy atom. The van der Waals surface area contributed by atoms with E-state index in [0.29, 0.717) is 12.2 Å². The van der Waals surface area contributed by atoms with Gasteiger partial charge in [-0.25, -0.2) is 8.42 Å². The van der Waals surface area contributed by atoms with Gasteiger partial charge in [-0.15, -0.1) is 0 Å². The van der Waals surface area contributed by atoms with E-state index in [9.17, 15) is 23.3 Å². The molecule has 2 atom stereocenters. The molecule has 0 aliphatic carbocycles. The predicted molar refractivity (Wildman–Crippen MR) is 126 cm³/mol. The normalized spacial score (nSPS) is 17.9. The number of sulfonamides is 1. The summed E-state index contributed by atoms with van der Waals surface area (Å²) in [6, 6.07) is 11.2. The van der Waals surface area contributed by atoms with Gasteiger partial charge in [0.1, 0.15) is 17.4 Å². The average Bonchev–Trinajstić information content (AvgIpc) is 2.78. The summed E-state index contributed by atoms with van der Waals surface area (Å²) in [6.07, 6.45) is 3.02. The molecular weight excluding hydrogens is 446 g/mol. The molecule has 0 fully saturated rings. The number of nitro groups is 1. The lowest BCUT2D eigenvalue weighted by Gasteiger charge is -2.42. The molecule has 3 rings (SSSR count). The zero-order chi connectivity index (χ0) is 24.4. The van der Waals surface area contributed by atoms with Gasteiger partial charge in [0.25, 0.3) is 5.69 Å². The highest BCUT2D eigenvalue weighted by Crippen LogP contribution is 2.42. The summed E-state index contributed by atoms with van der Waals surface area (Å²) in [4.78, 5) is 23.9. The number of rotatable bonds is 8. The predicted octanol–water partition coefficient (Wildman–Crippen LogP) is 3.95. The monoisotopic (exact) mass is 475 g/mol. The number of nitrogens with zero attached hydrogens (tertiary/aromatic N) is 2. The number of anilines is 1. The minimum atomic E-state index is -3.91. The van der Waals surface area contributed by atoms with Crippen molar-refractivity contribution in [3.05, 3.63) is 64.2 Å². The van der Waals surface area contributed by atoms with E-state index in [1.54, 1.807) is 0 Å². The standard InChI is InChI=1S/C23H29N3O6S/c1-5-23(6-2)15-20(19-12-7-8-13-21(19)32-23)24-22(27)16(3)25(33(4,30)31)17-10-9-11-18(14-17)26(28)29/h7-14,16,20H,5-6,15H2,1-4H3,(H,24,27)/t16-,20-/m0/s1. The first-order valence-corrected chi connectivity index (χ1v) is 12.7. The van der Waals surface area contributed by atoms with Crippen molar-refractivity contribution in [2.75, 3.05) is 10.6 Å². The second-order valence-corrected chi connectivity index (χ2v) is 10.2. The largest absolute Gasteiger partial charge is 0.487 e. The molecule has 0 radical (unpaired) electrons. The molecule has 178 valence electrons. The highest BCUT2D eigenvalue weighted by atomic mass is 32.2. The Bertz CT molecular complexity index is 1150. The van der Waals surface area contributed by atoms with Crippen LogP contribution in [0.1, 0.15) is 51.6 Å². The fraction of sp³-hybridized carbons (Fsp3) is 0.435. The van der Waals surface area contributed by atoms with Crippen LogP contribution in [0.3, 0.4) is 0 Å². The number of fused-ring (bicyclic) bond motifs is 1. The Kier molecular flexibility index (Phi) is 6.97. The van der Waals surface area contributed by atoms with Gasteiger partial charge in [-0.3, -0.25) is 19.2 Å². The summed E-state index contributed by atoms with van der Waals surface area (Å²) < 4.78 is 32.4. The Hall–Kier alpha value is -3.14. The van der Waals surface area contributed by atoms with Crippen LogP contribution >= 0.6 is 0 Å². The number of nitro benzene ring substituents is 1. The molecule has 1 N–H and O–H groups in total. The van der Waals surface area contributed by atoms with Crippen LogP contribution < -0.4 is 14.4 Å². The first-order chi connectivity index (χ1) is 15.5.